The fourth-order valence-electron chi connectivity index (χ4n) is 15.2. The fourth-order valence-corrected chi connectivity index (χ4v) is 15.2. The number of likely N-dealkylation sites (tertiary alicyclic amines) is 2. The number of hydrogen-bond donors (Lipinski definition) is 2. The number of carboxylic acid groups (broad SMARTS) is 2. The number of allylic oxidation sites excluding steroid dienone is 8. The molecule has 12 bridgehead atoms. The average molecular weight is 1290 g/mol. The van der Waals surface area contributed by atoms with Gasteiger partial charge in [-0.15, -0.1) is 0 Å². The van der Waals surface area contributed by atoms with E-state index < -0.39 is 11.9 Å². The Morgan fingerprint density at radius 2 is 0.988 bits per heavy atom. The van der Waals surface area contributed by atoms with Gasteiger partial charge in [0.05, 0.1) is 54.5 Å². The largest absolute Gasteiger partial charge is 0.481 e. The number of carbonyl (C=O) groups excluding carboxylic acids is 5. The normalized spacial score (nSPS) is 37.9. The second kappa shape index (κ2) is 34.1. The Kier molecular flexibility index (Phi) is 29.8. The molecular weight excluding hydrogens is 1190 g/mol. The van der Waals surface area contributed by atoms with Crippen LogP contribution in [0.15, 0.2) is 72.9 Å². The van der Waals surface area contributed by atoms with Gasteiger partial charge in [-0.2, -0.15) is 0 Å². The zero-order chi connectivity index (χ0) is 57.1. The monoisotopic (exact) mass is 1290 g/mol. The van der Waals surface area contributed by atoms with E-state index in [4.69, 9.17) is 24.4 Å². The number of carboxylic acids is 2. The van der Waals surface area contributed by atoms with Gasteiger partial charge in [0.15, 0.2) is 0 Å². The molecule has 0 aromatic rings. The summed E-state index contributed by atoms with van der Waals surface area (Å²) in [7, 11) is 6.91. The molecule has 0 spiro atoms. The topological polar surface area (TPSA) is 203 Å². The van der Waals surface area contributed by atoms with Gasteiger partial charge in [0.1, 0.15) is 12.9 Å². The second-order valence-corrected chi connectivity index (χ2v) is 23.5. The number of carbonyl (C=O) groups is 7. The van der Waals surface area contributed by atoms with E-state index in [0.717, 1.165) is 95.2 Å². The van der Waals surface area contributed by atoms with Crippen LogP contribution in [0.25, 0.3) is 0 Å². The molecule has 6 heterocycles. The second-order valence-electron chi connectivity index (χ2n) is 23.5. The van der Waals surface area contributed by atoms with Gasteiger partial charge in [-0.25, -0.2) is 18.9 Å². The molecule has 14 rings (SSSR count). The number of nitrogens with zero attached hydrogens (tertiary/aromatic N) is 2. The molecule has 2 N–H and O–H groups in total. The van der Waals surface area contributed by atoms with Crippen molar-refractivity contribution in [2.24, 2.45) is 101 Å². The molecule has 21 unspecified atom stereocenters. The van der Waals surface area contributed by atoms with Crippen LogP contribution in [0, 0.1) is 129 Å². The Labute approximate surface area is 539 Å². The minimum absolute atomic E-state index is 0. The van der Waals surface area contributed by atoms with E-state index in [1.807, 2.05) is 31.2 Å². The summed E-state index contributed by atoms with van der Waals surface area (Å²) in [4.78, 5) is 78.7. The number of ether oxygens (including phenoxy) is 4. The first-order chi connectivity index (χ1) is 38.0. The molecule has 0 aromatic heterocycles. The Hall–Kier alpha value is -2.62. The summed E-state index contributed by atoms with van der Waals surface area (Å²) >= 11 is 0. The summed E-state index contributed by atoms with van der Waals surface area (Å²) in [6.07, 6.45) is 41.4. The molecule has 82 heavy (non-hydrogen) atoms. The van der Waals surface area contributed by atoms with E-state index in [1.54, 1.807) is 0 Å². The summed E-state index contributed by atoms with van der Waals surface area (Å²) in [5.74, 6) is 6.77. The van der Waals surface area contributed by atoms with Crippen LogP contribution in [0.4, 0.5) is 0 Å². The molecule has 450 valence electrons. The molecule has 6 aliphatic heterocycles. The van der Waals surface area contributed by atoms with E-state index >= 15 is 0 Å². The Morgan fingerprint density at radius 3 is 1.32 bits per heavy atom. The number of fused-ring (bicyclic) bond motifs is 18. The van der Waals surface area contributed by atoms with Crippen LogP contribution in [0.3, 0.4) is 0 Å². The molecule has 4 saturated heterocycles. The maximum Gasteiger partial charge on any atom is 0.329 e. The maximum atomic E-state index is 11.6. The van der Waals surface area contributed by atoms with Crippen LogP contribution >= 0.6 is 0 Å². The van der Waals surface area contributed by atoms with Crippen LogP contribution in [0.2, 0.25) is 0 Å². The summed E-state index contributed by atoms with van der Waals surface area (Å²) in [5, 5.41) is 16.4. The Bertz CT molecular complexity index is 2170. The van der Waals surface area contributed by atoms with Crippen LogP contribution in [-0.4, -0.2) is 113 Å². The first kappa shape index (κ1) is 71.9. The molecule has 21 atom stereocenters. The Balaban J connectivity index is 0.000000203. The van der Waals surface area contributed by atoms with Gasteiger partial charge >= 0.3 is 11.9 Å². The van der Waals surface area contributed by atoms with Crippen molar-refractivity contribution in [3.63, 3.8) is 0 Å². The van der Waals surface area contributed by atoms with E-state index in [1.165, 1.54) is 51.4 Å². The third kappa shape index (κ3) is 17.1. The molecule has 8 aliphatic carbocycles. The number of rotatable bonds is 12. The minimum atomic E-state index is -0.955. The fraction of sp³-hybridized carbons (Fsp3) is 0.646. The first-order valence-corrected chi connectivity index (χ1v) is 29.4. The third-order valence-electron chi connectivity index (χ3n) is 19.1. The predicted molar refractivity (Wildman–Crippen MR) is 304 cm³/mol. The molecule has 0 aromatic carbocycles. The number of amides is 4. The number of aliphatic carboxylic acids is 2. The van der Waals surface area contributed by atoms with E-state index in [-0.39, 0.29) is 170 Å². The predicted octanol–water partition coefficient (Wildman–Crippen LogP) is 10.2. The van der Waals surface area contributed by atoms with E-state index in [0.29, 0.717) is 24.4 Å². The summed E-state index contributed by atoms with van der Waals surface area (Å²) in [5.41, 5.74) is 0. The van der Waals surface area contributed by atoms with Crippen molar-refractivity contribution in [1.82, 2.24) is 9.80 Å². The standard InChI is InChI=1S/C11H16O.C10H10NO2.C9H8NO3.2C9H14.C8H10O3.C4H7O3.C4H9O.CH4.2Y/c1-2-10-8-3-4-9(7-8)11(10)5-6-12;1-11-9(12)7-5-2-3-6(4-5)8(7)10(11)13;1-10-8(11)6-4-2-3-5(13-4)7(6)9(10)12;2*1-2-8-5-7-3-4-9(8)6-7;9-8(10)4-5-3-6-1-2-7(5)11-6;1-2-7-3-4(5)6;1-3-5-4-2;;;/h3-4,6,8-11H,2,5,7H2,1H3;2-3,5-8H,1,4H2;2-7H,1H2;2*3-4,7-9H,2,5-6H2,1H3;1-2,5-7H,3-4H2,(H,9,10);1-3H2,(H,5,6);1,3-4H2,2H3;1H4;;/q;2*-1;;;;2*-1;;;. The first-order valence-electron chi connectivity index (χ1n) is 29.4. The van der Waals surface area contributed by atoms with Gasteiger partial charge in [0.2, 0.25) is 23.6 Å². The zero-order valence-electron chi connectivity index (χ0n) is 48.2. The summed E-state index contributed by atoms with van der Waals surface area (Å²) < 4.78 is 19.9. The SMILES string of the molecule is C.CCC1C2C=CC(C2)C1CC=O.CCC1CC2C=CC1C2.CCC1CC2C=CC1C2.O=C(O)CC1CC2C=CC1O2.[CH2-]COCC.[CH2-]COCC(=O)O.[CH2-]N1C(=O)C2C3C=CC(C3)C2C1=O.[CH2-]N1C(=O)C2C3C=CC(O3)C2C1=O.[Y].[Y]. The summed E-state index contributed by atoms with van der Waals surface area (Å²) in [6.45, 7) is 16.9. The van der Waals surface area contributed by atoms with Gasteiger partial charge < -0.3 is 57.6 Å². The van der Waals surface area contributed by atoms with Crippen molar-refractivity contribution in [3.05, 3.63) is 101 Å². The summed E-state index contributed by atoms with van der Waals surface area (Å²) in [6, 6.07) is 0. The molecule has 14 aliphatic rings. The quantitative estimate of drug-likeness (QED) is 0.0809. The van der Waals surface area contributed by atoms with Crippen molar-refractivity contribution in [3.8, 4) is 0 Å². The maximum absolute atomic E-state index is 11.6. The van der Waals surface area contributed by atoms with Crippen LogP contribution in [0.5, 0.6) is 0 Å². The van der Waals surface area contributed by atoms with Crippen molar-refractivity contribution < 1.29 is 128 Å². The molecule has 4 amide bonds. The van der Waals surface area contributed by atoms with Crippen molar-refractivity contribution in [1.29, 1.82) is 0 Å². The van der Waals surface area contributed by atoms with Gasteiger partial charge in [0, 0.05) is 84.4 Å². The number of imide groups is 2. The molecule has 2 radical (unpaired) electrons. The van der Waals surface area contributed by atoms with Gasteiger partial charge in [-0.3, -0.25) is 24.0 Å². The van der Waals surface area contributed by atoms with Gasteiger partial charge in [-0.05, 0) is 123 Å². The van der Waals surface area contributed by atoms with Gasteiger partial charge in [-0.1, -0.05) is 134 Å². The van der Waals surface area contributed by atoms with Crippen LogP contribution in [-0.2, 0) is 118 Å². The average Bonchev–Trinajstić information content (AvgIpc) is 4.45. The van der Waals surface area contributed by atoms with Crippen molar-refractivity contribution >= 4 is 41.9 Å². The Morgan fingerprint density at radius 1 is 0.537 bits per heavy atom. The van der Waals surface area contributed by atoms with Crippen LogP contribution < -0.4 is 0 Å². The molecule has 15 nitrogen and oxygen atoms in total. The zero-order valence-corrected chi connectivity index (χ0v) is 53.9. The molecule has 8 fully saturated rings. The van der Waals surface area contributed by atoms with Crippen LogP contribution in [0.1, 0.15) is 112 Å². The smallest absolute Gasteiger partial charge is 0.329 e. The third-order valence-corrected chi connectivity index (χ3v) is 19.1. The van der Waals surface area contributed by atoms with E-state index in [9.17, 15) is 33.6 Å². The van der Waals surface area contributed by atoms with Crippen molar-refractivity contribution in [2.75, 3.05) is 26.4 Å². The van der Waals surface area contributed by atoms with Crippen molar-refractivity contribution in [2.45, 2.75) is 137 Å². The molecule has 17 heteroatoms. The van der Waals surface area contributed by atoms with Gasteiger partial charge in [0.25, 0.3) is 0 Å². The minimum Gasteiger partial charge on any atom is -0.481 e. The number of aldehydes is 1. The molecular formula is C65H92N2O13Y2-4. The molecule has 4 saturated carbocycles. The van der Waals surface area contributed by atoms with E-state index in [2.05, 4.69) is 102 Å². The number of hydrogen-bond acceptors (Lipinski definition) is 11.